The number of carboxylic acid groups (broad SMARTS) is 1. The van der Waals surface area contributed by atoms with Crippen molar-refractivity contribution in [3.8, 4) is 0 Å². The highest BCUT2D eigenvalue weighted by atomic mass is 16.4. The highest BCUT2D eigenvalue weighted by Gasteiger charge is 2.64. The Morgan fingerprint density at radius 2 is 1.91 bits per heavy atom. The van der Waals surface area contributed by atoms with E-state index in [1.165, 1.54) is 32.1 Å². The third kappa shape index (κ3) is 1.65. The fourth-order valence-electron chi connectivity index (χ4n) is 7.46. The van der Waals surface area contributed by atoms with Gasteiger partial charge >= 0.3 is 5.97 Å². The number of carboxylic acids is 1. The number of allylic oxidation sites excluding steroid dienone is 2. The van der Waals surface area contributed by atoms with Crippen LogP contribution in [-0.4, -0.2) is 11.1 Å². The molecule has 122 valence electrons. The Balaban J connectivity index is 1.77. The lowest BCUT2D eigenvalue weighted by Crippen LogP contribution is -2.58. The summed E-state index contributed by atoms with van der Waals surface area (Å²) in [5.41, 5.74) is 1.77. The minimum absolute atomic E-state index is 0.232. The molecule has 0 aromatic carbocycles. The summed E-state index contributed by atoms with van der Waals surface area (Å²) in [7, 11) is 0. The molecule has 4 rings (SSSR count). The summed E-state index contributed by atoms with van der Waals surface area (Å²) in [5.74, 6) is 1.36. The van der Waals surface area contributed by atoms with E-state index in [2.05, 4.69) is 19.9 Å². The van der Waals surface area contributed by atoms with Crippen LogP contribution >= 0.6 is 0 Å². The van der Waals surface area contributed by atoms with Crippen LogP contribution in [0.4, 0.5) is 0 Å². The topological polar surface area (TPSA) is 37.3 Å². The van der Waals surface area contributed by atoms with Gasteiger partial charge in [0.25, 0.3) is 0 Å². The molecule has 4 aliphatic carbocycles. The van der Waals surface area contributed by atoms with Crippen molar-refractivity contribution >= 4 is 5.97 Å². The Morgan fingerprint density at radius 1 is 1.14 bits per heavy atom. The first-order valence-corrected chi connectivity index (χ1v) is 9.25. The fraction of sp³-hybridized carbons (Fsp3) is 0.850. The van der Waals surface area contributed by atoms with Crippen LogP contribution in [0.25, 0.3) is 0 Å². The van der Waals surface area contributed by atoms with Crippen LogP contribution in [0.1, 0.15) is 72.1 Å². The predicted molar refractivity (Wildman–Crippen MR) is 87.4 cm³/mol. The minimum Gasteiger partial charge on any atom is -0.481 e. The highest BCUT2D eigenvalue weighted by molar-refractivity contribution is 5.75. The molecule has 0 amide bonds. The molecule has 0 aliphatic heterocycles. The van der Waals surface area contributed by atoms with Gasteiger partial charge in [-0.05, 0) is 87.4 Å². The van der Waals surface area contributed by atoms with E-state index in [0.29, 0.717) is 17.3 Å². The van der Waals surface area contributed by atoms with Gasteiger partial charge in [0.15, 0.2) is 0 Å². The molecule has 6 atom stereocenters. The van der Waals surface area contributed by atoms with Crippen molar-refractivity contribution in [2.45, 2.75) is 72.1 Å². The van der Waals surface area contributed by atoms with Crippen LogP contribution in [0.5, 0.6) is 0 Å². The average Bonchev–Trinajstić information content (AvgIpc) is 2.68. The standard InChI is InChI=1S/C20H30O2/c1-13-11-20-10-7-15-18(2,16(20)6-5-14(13)12-20)8-4-9-19(15,3)17(21)22/h11,14-16H,4-10,12H2,1-3H3,(H,21,22)/t14-,15-,16-,18+,19?,20+/m1/s1. The van der Waals surface area contributed by atoms with Crippen molar-refractivity contribution in [3.63, 3.8) is 0 Å². The molecule has 3 saturated carbocycles. The number of aliphatic carboxylic acids is 1. The number of hydrogen-bond acceptors (Lipinski definition) is 1. The van der Waals surface area contributed by atoms with E-state index in [-0.39, 0.29) is 5.41 Å². The average molecular weight is 302 g/mol. The molecule has 1 unspecified atom stereocenters. The molecular weight excluding hydrogens is 272 g/mol. The van der Waals surface area contributed by atoms with E-state index < -0.39 is 11.4 Å². The maximum absolute atomic E-state index is 12.0. The van der Waals surface area contributed by atoms with Crippen LogP contribution in [-0.2, 0) is 4.79 Å². The van der Waals surface area contributed by atoms with E-state index in [9.17, 15) is 9.90 Å². The van der Waals surface area contributed by atoms with Gasteiger partial charge in [-0.1, -0.05) is 25.0 Å². The summed E-state index contributed by atoms with van der Waals surface area (Å²) >= 11 is 0. The van der Waals surface area contributed by atoms with Crippen LogP contribution < -0.4 is 0 Å². The quantitative estimate of drug-likeness (QED) is 0.689. The largest absolute Gasteiger partial charge is 0.481 e. The van der Waals surface area contributed by atoms with Gasteiger partial charge < -0.3 is 5.11 Å². The Morgan fingerprint density at radius 3 is 2.64 bits per heavy atom. The van der Waals surface area contributed by atoms with Crippen molar-refractivity contribution in [2.75, 3.05) is 0 Å². The zero-order valence-electron chi connectivity index (χ0n) is 14.3. The van der Waals surface area contributed by atoms with Crippen LogP contribution in [0.3, 0.4) is 0 Å². The van der Waals surface area contributed by atoms with Gasteiger partial charge in [-0.3, -0.25) is 4.79 Å². The number of fused-ring (bicyclic) bond motifs is 3. The second kappa shape index (κ2) is 4.39. The molecule has 1 spiro atoms. The predicted octanol–water partition coefficient (Wildman–Crippen LogP) is 5.04. The highest BCUT2D eigenvalue weighted by Crippen LogP contribution is 2.70. The lowest BCUT2D eigenvalue weighted by Gasteiger charge is -2.63. The maximum atomic E-state index is 12.0. The summed E-state index contributed by atoms with van der Waals surface area (Å²) < 4.78 is 0. The zero-order chi connectivity index (χ0) is 15.8. The Kier molecular flexibility index (Phi) is 2.95. The number of carbonyl (C=O) groups is 1. The van der Waals surface area contributed by atoms with Crippen molar-refractivity contribution < 1.29 is 9.90 Å². The first-order valence-electron chi connectivity index (χ1n) is 9.25. The Bertz CT molecular complexity index is 550. The summed E-state index contributed by atoms with van der Waals surface area (Å²) in [4.78, 5) is 12.0. The van der Waals surface area contributed by atoms with Crippen LogP contribution in [0.2, 0.25) is 0 Å². The molecule has 2 bridgehead atoms. The molecule has 3 fully saturated rings. The molecule has 0 radical (unpaired) electrons. The van der Waals surface area contributed by atoms with Gasteiger partial charge in [-0.25, -0.2) is 0 Å². The molecule has 4 aliphatic rings. The van der Waals surface area contributed by atoms with Crippen molar-refractivity contribution in [3.05, 3.63) is 11.6 Å². The molecular formula is C20H30O2. The van der Waals surface area contributed by atoms with E-state index in [1.54, 1.807) is 5.57 Å². The lowest BCUT2D eigenvalue weighted by atomic mass is 9.41. The third-order valence-corrected chi connectivity index (χ3v) is 8.44. The molecule has 0 heterocycles. The Hall–Kier alpha value is -0.790. The van der Waals surface area contributed by atoms with Crippen molar-refractivity contribution in [1.82, 2.24) is 0 Å². The summed E-state index contributed by atoms with van der Waals surface area (Å²) in [6, 6.07) is 0. The maximum Gasteiger partial charge on any atom is 0.309 e. The second-order valence-corrected chi connectivity index (χ2v) is 9.33. The van der Waals surface area contributed by atoms with Gasteiger partial charge in [0.1, 0.15) is 0 Å². The normalized spacial score (nSPS) is 53.4. The van der Waals surface area contributed by atoms with Gasteiger partial charge in [-0.2, -0.15) is 0 Å². The van der Waals surface area contributed by atoms with E-state index in [1.807, 2.05) is 6.92 Å². The summed E-state index contributed by atoms with van der Waals surface area (Å²) in [5, 5.41) is 9.91. The summed E-state index contributed by atoms with van der Waals surface area (Å²) in [6.07, 6.45) is 12.2. The van der Waals surface area contributed by atoms with Gasteiger partial charge in [0, 0.05) is 0 Å². The molecule has 0 saturated heterocycles. The lowest BCUT2D eigenvalue weighted by molar-refractivity contribution is -0.177. The molecule has 2 heteroatoms. The molecule has 22 heavy (non-hydrogen) atoms. The molecule has 2 nitrogen and oxygen atoms in total. The first-order chi connectivity index (χ1) is 10.3. The second-order valence-electron chi connectivity index (χ2n) is 9.33. The van der Waals surface area contributed by atoms with E-state index >= 15 is 0 Å². The van der Waals surface area contributed by atoms with Gasteiger partial charge in [-0.15, -0.1) is 0 Å². The van der Waals surface area contributed by atoms with Crippen LogP contribution in [0.15, 0.2) is 11.6 Å². The third-order valence-electron chi connectivity index (χ3n) is 8.44. The molecule has 0 aromatic rings. The minimum atomic E-state index is -0.550. The van der Waals surface area contributed by atoms with E-state index in [4.69, 9.17) is 0 Å². The Labute approximate surface area is 134 Å². The van der Waals surface area contributed by atoms with E-state index in [0.717, 1.165) is 25.2 Å². The van der Waals surface area contributed by atoms with Crippen LogP contribution in [0, 0.1) is 34.0 Å². The van der Waals surface area contributed by atoms with Gasteiger partial charge in [0.2, 0.25) is 0 Å². The zero-order valence-corrected chi connectivity index (χ0v) is 14.3. The smallest absolute Gasteiger partial charge is 0.309 e. The summed E-state index contributed by atoms with van der Waals surface area (Å²) in [6.45, 7) is 6.82. The fourth-order valence-corrected chi connectivity index (χ4v) is 7.46. The number of rotatable bonds is 1. The van der Waals surface area contributed by atoms with Gasteiger partial charge in [0.05, 0.1) is 5.41 Å². The van der Waals surface area contributed by atoms with Crippen molar-refractivity contribution in [2.24, 2.45) is 34.0 Å². The molecule has 1 N–H and O–H groups in total. The van der Waals surface area contributed by atoms with Crippen molar-refractivity contribution in [1.29, 1.82) is 0 Å². The molecule has 0 aromatic heterocycles. The first kappa shape index (κ1) is 14.8. The monoisotopic (exact) mass is 302 g/mol. The number of hydrogen-bond donors (Lipinski definition) is 1. The SMILES string of the molecule is CC1=C[C@]23CC[C@H]4C(C)(C(=O)O)CCC[C@]4(C)[C@H]2CC[C@@H]1C3.